The number of rotatable bonds is 7. The fourth-order valence-corrected chi connectivity index (χ4v) is 2.60. The molecule has 116 valence electrons. The van der Waals surface area contributed by atoms with Crippen molar-refractivity contribution in [3.63, 3.8) is 0 Å². The van der Waals surface area contributed by atoms with Crippen molar-refractivity contribution < 1.29 is 4.79 Å². The van der Waals surface area contributed by atoms with Gasteiger partial charge >= 0.3 is 0 Å². The zero-order valence-electron chi connectivity index (χ0n) is 13.0. The molecule has 0 aliphatic rings. The fraction of sp³-hybridized carbons (Fsp3) is 0.316. The van der Waals surface area contributed by atoms with Crippen LogP contribution in [0.1, 0.15) is 36.8 Å². The van der Waals surface area contributed by atoms with E-state index in [0.29, 0.717) is 13.0 Å². The number of amides is 1. The molecular formula is C19H24N2O. The van der Waals surface area contributed by atoms with Crippen molar-refractivity contribution in [2.45, 2.75) is 31.7 Å². The molecule has 1 amide bonds. The minimum atomic E-state index is 0.0509. The van der Waals surface area contributed by atoms with E-state index in [2.05, 4.69) is 29.6 Å². The maximum Gasteiger partial charge on any atom is 0.221 e. The largest absolute Gasteiger partial charge is 0.352 e. The van der Waals surface area contributed by atoms with Crippen LogP contribution < -0.4 is 11.1 Å². The first-order valence-electron chi connectivity index (χ1n) is 7.84. The molecule has 2 aromatic rings. The smallest absolute Gasteiger partial charge is 0.221 e. The number of hydrogen-bond acceptors (Lipinski definition) is 2. The van der Waals surface area contributed by atoms with Crippen LogP contribution in [-0.4, -0.2) is 18.5 Å². The van der Waals surface area contributed by atoms with Gasteiger partial charge in [0.25, 0.3) is 0 Å². The maximum absolute atomic E-state index is 12.4. The Morgan fingerprint density at radius 3 is 1.91 bits per heavy atom. The summed E-state index contributed by atoms with van der Waals surface area (Å²) in [6.45, 7) is 2.51. The summed E-state index contributed by atoms with van der Waals surface area (Å²) in [5, 5.41) is 3.02. The van der Waals surface area contributed by atoms with Crippen molar-refractivity contribution in [1.29, 1.82) is 0 Å². The summed E-state index contributed by atoms with van der Waals surface area (Å²) in [6, 6.07) is 20.4. The average molecular weight is 296 g/mol. The summed E-state index contributed by atoms with van der Waals surface area (Å²) in [5.41, 5.74) is 7.98. The first-order chi connectivity index (χ1) is 10.7. The van der Waals surface area contributed by atoms with Gasteiger partial charge in [-0.1, -0.05) is 67.6 Å². The zero-order valence-corrected chi connectivity index (χ0v) is 13.0. The van der Waals surface area contributed by atoms with Crippen LogP contribution in [0.2, 0.25) is 0 Å². The molecule has 1 unspecified atom stereocenters. The van der Waals surface area contributed by atoms with E-state index in [1.165, 1.54) is 0 Å². The van der Waals surface area contributed by atoms with Crippen LogP contribution >= 0.6 is 0 Å². The molecule has 3 nitrogen and oxygen atoms in total. The minimum absolute atomic E-state index is 0.0509. The van der Waals surface area contributed by atoms with Gasteiger partial charge in [0.1, 0.15) is 0 Å². The Balaban J connectivity index is 2.17. The van der Waals surface area contributed by atoms with Gasteiger partial charge in [-0.05, 0) is 17.5 Å². The van der Waals surface area contributed by atoms with Crippen LogP contribution in [-0.2, 0) is 4.79 Å². The number of nitrogens with two attached hydrogens (primary N) is 1. The third kappa shape index (κ3) is 4.43. The second kappa shape index (κ2) is 8.35. The van der Waals surface area contributed by atoms with E-state index in [0.717, 1.165) is 17.5 Å². The Bertz CT molecular complexity index is 525. The average Bonchev–Trinajstić information content (AvgIpc) is 2.59. The molecule has 0 fully saturated rings. The summed E-state index contributed by atoms with van der Waals surface area (Å²) in [4.78, 5) is 12.4. The van der Waals surface area contributed by atoms with Crippen molar-refractivity contribution in [1.82, 2.24) is 5.32 Å². The van der Waals surface area contributed by atoms with Gasteiger partial charge in [0.15, 0.2) is 0 Å². The molecule has 0 bridgehead atoms. The molecule has 0 aliphatic heterocycles. The van der Waals surface area contributed by atoms with E-state index in [1.54, 1.807) is 0 Å². The second-order valence-corrected chi connectivity index (χ2v) is 5.49. The van der Waals surface area contributed by atoms with E-state index >= 15 is 0 Å². The molecule has 0 aromatic heterocycles. The monoisotopic (exact) mass is 296 g/mol. The van der Waals surface area contributed by atoms with Crippen LogP contribution in [0.4, 0.5) is 0 Å². The van der Waals surface area contributed by atoms with E-state index in [-0.39, 0.29) is 17.9 Å². The zero-order chi connectivity index (χ0) is 15.8. The molecule has 22 heavy (non-hydrogen) atoms. The molecule has 0 saturated heterocycles. The summed E-state index contributed by atoms with van der Waals surface area (Å²) < 4.78 is 0. The van der Waals surface area contributed by atoms with Crippen molar-refractivity contribution in [3.05, 3.63) is 71.8 Å². The minimum Gasteiger partial charge on any atom is -0.352 e. The molecule has 0 saturated carbocycles. The highest BCUT2D eigenvalue weighted by atomic mass is 16.1. The summed E-state index contributed by atoms with van der Waals surface area (Å²) in [5.74, 6) is 0.118. The first kappa shape index (κ1) is 16.2. The topological polar surface area (TPSA) is 55.1 Å². The molecule has 0 heterocycles. The van der Waals surface area contributed by atoms with Crippen LogP contribution in [0.15, 0.2) is 60.7 Å². The van der Waals surface area contributed by atoms with Crippen LogP contribution in [0, 0.1) is 0 Å². The Labute approximate surface area is 132 Å². The van der Waals surface area contributed by atoms with Crippen molar-refractivity contribution in [2.75, 3.05) is 6.54 Å². The van der Waals surface area contributed by atoms with E-state index in [4.69, 9.17) is 5.73 Å². The molecule has 3 N–H and O–H groups in total. The second-order valence-electron chi connectivity index (χ2n) is 5.49. The van der Waals surface area contributed by atoms with Crippen molar-refractivity contribution >= 4 is 5.91 Å². The molecule has 0 aliphatic carbocycles. The van der Waals surface area contributed by atoms with Crippen LogP contribution in [0.5, 0.6) is 0 Å². The lowest BCUT2D eigenvalue weighted by Gasteiger charge is -2.20. The van der Waals surface area contributed by atoms with E-state index < -0.39 is 0 Å². The van der Waals surface area contributed by atoms with Crippen LogP contribution in [0.25, 0.3) is 0 Å². The third-order valence-electron chi connectivity index (χ3n) is 3.94. The fourth-order valence-electron chi connectivity index (χ4n) is 2.60. The van der Waals surface area contributed by atoms with Crippen LogP contribution in [0.3, 0.4) is 0 Å². The van der Waals surface area contributed by atoms with Gasteiger partial charge in [-0.2, -0.15) is 0 Å². The van der Waals surface area contributed by atoms with Gasteiger partial charge in [-0.3, -0.25) is 4.79 Å². The molecule has 3 heteroatoms. The van der Waals surface area contributed by atoms with Gasteiger partial charge in [-0.15, -0.1) is 0 Å². The van der Waals surface area contributed by atoms with Gasteiger partial charge in [0.2, 0.25) is 5.91 Å². The number of carbonyl (C=O) groups is 1. The third-order valence-corrected chi connectivity index (χ3v) is 3.94. The Morgan fingerprint density at radius 1 is 1.00 bits per heavy atom. The lowest BCUT2D eigenvalue weighted by molar-refractivity contribution is -0.122. The van der Waals surface area contributed by atoms with Gasteiger partial charge < -0.3 is 11.1 Å². The van der Waals surface area contributed by atoms with Gasteiger partial charge in [-0.25, -0.2) is 0 Å². The standard InChI is InChI=1S/C19H24N2O/c1-2-17(14-20)21-19(22)13-18(15-9-5-3-6-10-15)16-11-7-4-8-12-16/h3-12,17-18H,2,13-14,20H2,1H3,(H,21,22). The van der Waals surface area contributed by atoms with E-state index in [1.807, 2.05) is 43.3 Å². The maximum atomic E-state index is 12.4. The Morgan fingerprint density at radius 2 is 1.50 bits per heavy atom. The molecular weight excluding hydrogens is 272 g/mol. The highest BCUT2D eigenvalue weighted by Gasteiger charge is 2.19. The number of nitrogens with one attached hydrogen (secondary N) is 1. The first-order valence-corrected chi connectivity index (χ1v) is 7.84. The quantitative estimate of drug-likeness (QED) is 0.825. The molecule has 0 spiro atoms. The predicted octanol–water partition coefficient (Wildman–Crippen LogP) is 3.06. The normalized spacial score (nSPS) is 12.1. The highest BCUT2D eigenvalue weighted by Crippen LogP contribution is 2.27. The van der Waals surface area contributed by atoms with Crippen molar-refractivity contribution in [3.8, 4) is 0 Å². The SMILES string of the molecule is CCC(CN)NC(=O)CC(c1ccccc1)c1ccccc1. The summed E-state index contributed by atoms with van der Waals surface area (Å²) in [7, 11) is 0. The highest BCUT2D eigenvalue weighted by molar-refractivity contribution is 5.78. The van der Waals surface area contributed by atoms with Crippen molar-refractivity contribution in [2.24, 2.45) is 5.73 Å². The summed E-state index contributed by atoms with van der Waals surface area (Å²) >= 11 is 0. The molecule has 0 radical (unpaired) electrons. The molecule has 2 rings (SSSR count). The number of benzene rings is 2. The molecule has 2 aromatic carbocycles. The molecule has 1 atom stereocenters. The number of hydrogen-bond donors (Lipinski definition) is 2. The van der Waals surface area contributed by atoms with Gasteiger partial charge in [0, 0.05) is 24.9 Å². The van der Waals surface area contributed by atoms with Gasteiger partial charge in [0.05, 0.1) is 0 Å². The lowest BCUT2D eigenvalue weighted by atomic mass is 9.88. The Hall–Kier alpha value is -2.13. The predicted molar refractivity (Wildman–Crippen MR) is 90.6 cm³/mol. The summed E-state index contributed by atoms with van der Waals surface area (Å²) in [6.07, 6.45) is 1.29. The van der Waals surface area contributed by atoms with E-state index in [9.17, 15) is 4.79 Å². The lowest BCUT2D eigenvalue weighted by Crippen LogP contribution is -2.40. The number of carbonyl (C=O) groups excluding carboxylic acids is 1. The Kier molecular flexibility index (Phi) is 6.16.